The smallest absolute Gasteiger partial charge is 0.223 e. The summed E-state index contributed by atoms with van der Waals surface area (Å²) in [7, 11) is 1.88. The summed E-state index contributed by atoms with van der Waals surface area (Å²) >= 11 is 0. The normalized spacial score (nSPS) is 11.4. The first-order chi connectivity index (χ1) is 8.43. The summed E-state index contributed by atoms with van der Waals surface area (Å²) in [4.78, 5) is 13.4. The van der Waals surface area contributed by atoms with Gasteiger partial charge < -0.3 is 14.8 Å². The molecule has 2 N–H and O–H groups in total. The molecule has 1 rings (SSSR count). The fourth-order valence-electron chi connectivity index (χ4n) is 1.83. The highest BCUT2D eigenvalue weighted by Crippen LogP contribution is 2.10. The summed E-state index contributed by atoms with van der Waals surface area (Å²) in [6.07, 6.45) is 1.49. The Labute approximate surface area is 107 Å². The molecule has 0 saturated heterocycles. The number of pyridine rings is 1. The molecular formula is C13H22N2O3. The van der Waals surface area contributed by atoms with Crippen LogP contribution in [0.2, 0.25) is 0 Å². The molecule has 0 fully saturated rings. The number of aliphatic hydroxyl groups excluding tert-OH is 1. The van der Waals surface area contributed by atoms with E-state index in [0.29, 0.717) is 19.0 Å². The lowest BCUT2D eigenvalue weighted by atomic mass is 10.2. The molecule has 0 saturated carbocycles. The predicted molar refractivity (Wildman–Crippen MR) is 70.6 cm³/mol. The third kappa shape index (κ3) is 4.16. The molecule has 0 spiro atoms. The van der Waals surface area contributed by atoms with Crippen molar-refractivity contribution in [1.29, 1.82) is 0 Å². The summed E-state index contributed by atoms with van der Waals surface area (Å²) in [6, 6.07) is 1.46. The third-order valence-electron chi connectivity index (χ3n) is 2.67. The van der Waals surface area contributed by atoms with Gasteiger partial charge in [-0.15, -0.1) is 0 Å². The molecule has 0 radical (unpaired) electrons. The van der Waals surface area contributed by atoms with Crippen LogP contribution in [0, 0.1) is 5.92 Å². The Morgan fingerprint density at radius 1 is 1.44 bits per heavy atom. The number of aromatic hydroxyl groups is 1. The first kappa shape index (κ1) is 14.7. The standard InChI is InChI=1S/C13H22N2O3/c1-10(2)7-15-9-13(18)12(17)6-11(15)8-14(3)4-5-16/h6,9-10,16,18H,4-5,7-8H2,1-3H3. The van der Waals surface area contributed by atoms with E-state index in [1.165, 1.54) is 12.3 Å². The van der Waals surface area contributed by atoms with E-state index in [1.54, 1.807) is 0 Å². The maximum atomic E-state index is 11.5. The number of nitrogens with zero attached hydrogens (tertiary/aromatic N) is 2. The zero-order valence-electron chi connectivity index (χ0n) is 11.3. The number of hydrogen-bond acceptors (Lipinski definition) is 4. The maximum absolute atomic E-state index is 11.5. The van der Waals surface area contributed by atoms with Crippen molar-refractivity contribution in [3.8, 4) is 5.75 Å². The second kappa shape index (κ2) is 6.56. The van der Waals surface area contributed by atoms with Crippen LogP contribution >= 0.6 is 0 Å². The predicted octanol–water partition coefficient (Wildman–Crippen LogP) is 0.634. The zero-order chi connectivity index (χ0) is 13.7. The van der Waals surface area contributed by atoms with Gasteiger partial charge in [-0.3, -0.25) is 9.69 Å². The second-order valence-electron chi connectivity index (χ2n) is 5.02. The van der Waals surface area contributed by atoms with Gasteiger partial charge in [0.25, 0.3) is 0 Å². The minimum atomic E-state index is -0.359. The molecule has 0 aliphatic heterocycles. The van der Waals surface area contributed by atoms with Crippen LogP contribution in [-0.2, 0) is 13.1 Å². The molecule has 1 aromatic rings. The second-order valence-corrected chi connectivity index (χ2v) is 5.02. The number of aromatic nitrogens is 1. The number of aliphatic hydroxyl groups is 1. The lowest BCUT2D eigenvalue weighted by Crippen LogP contribution is -2.25. The van der Waals surface area contributed by atoms with Crippen molar-refractivity contribution in [2.24, 2.45) is 5.92 Å². The average Bonchev–Trinajstić information content (AvgIpc) is 2.25. The van der Waals surface area contributed by atoms with Crippen molar-refractivity contribution in [3.05, 3.63) is 28.2 Å². The Morgan fingerprint density at radius 3 is 2.67 bits per heavy atom. The fourth-order valence-corrected chi connectivity index (χ4v) is 1.83. The average molecular weight is 254 g/mol. The molecule has 0 atom stereocenters. The van der Waals surface area contributed by atoms with Crippen molar-refractivity contribution in [1.82, 2.24) is 9.47 Å². The Balaban J connectivity index is 2.99. The Bertz CT molecular complexity index is 440. The van der Waals surface area contributed by atoms with Crippen LogP contribution in [0.4, 0.5) is 0 Å². The van der Waals surface area contributed by atoms with Gasteiger partial charge in [-0.25, -0.2) is 0 Å². The number of rotatable bonds is 6. The highest BCUT2D eigenvalue weighted by molar-refractivity contribution is 5.20. The van der Waals surface area contributed by atoms with E-state index < -0.39 is 0 Å². The molecule has 102 valence electrons. The molecule has 0 bridgehead atoms. The zero-order valence-corrected chi connectivity index (χ0v) is 11.3. The van der Waals surface area contributed by atoms with E-state index in [0.717, 1.165) is 12.2 Å². The SMILES string of the molecule is CC(C)Cn1cc(O)c(=O)cc1CN(C)CCO. The summed E-state index contributed by atoms with van der Waals surface area (Å²) in [5.74, 6) is 0.206. The van der Waals surface area contributed by atoms with E-state index in [9.17, 15) is 9.90 Å². The quantitative estimate of drug-likeness (QED) is 0.781. The van der Waals surface area contributed by atoms with E-state index in [-0.39, 0.29) is 17.8 Å². The van der Waals surface area contributed by atoms with Gasteiger partial charge in [0.1, 0.15) is 0 Å². The lowest BCUT2D eigenvalue weighted by Gasteiger charge is -2.20. The Hall–Kier alpha value is -1.33. The Morgan fingerprint density at radius 2 is 2.11 bits per heavy atom. The molecule has 5 nitrogen and oxygen atoms in total. The monoisotopic (exact) mass is 254 g/mol. The molecule has 0 aliphatic rings. The number of hydrogen-bond donors (Lipinski definition) is 2. The molecule has 18 heavy (non-hydrogen) atoms. The van der Waals surface area contributed by atoms with E-state index in [2.05, 4.69) is 13.8 Å². The van der Waals surface area contributed by atoms with Gasteiger partial charge in [-0.05, 0) is 13.0 Å². The highest BCUT2D eigenvalue weighted by atomic mass is 16.3. The van der Waals surface area contributed by atoms with Crippen LogP contribution in [0.15, 0.2) is 17.1 Å². The van der Waals surface area contributed by atoms with Crippen molar-refractivity contribution in [2.75, 3.05) is 20.2 Å². The topological polar surface area (TPSA) is 65.7 Å². The molecule has 0 aromatic carbocycles. The molecule has 1 aromatic heterocycles. The van der Waals surface area contributed by atoms with Crippen molar-refractivity contribution in [2.45, 2.75) is 26.9 Å². The van der Waals surface area contributed by atoms with E-state index >= 15 is 0 Å². The van der Waals surface area contributed by atoms with Crippen LogP contribution < -0.4 is 5.43 Å². The largest absolute Gasteiger partial charge is 0.503 e. The summed E-state index contributed by atoms with van der Waals surface area (Å²) in [5, 5.41) is 18.4. The minimum Gasteiger partial charge on any atom is -0.503 e. The molecule has 0 unspecified atom stereocenters. The van der Waals surface area contributed by atoms with Gasteiger partial charge in [0.15, 0.2) is 5.75 Å². The molecule has 0 amide bonds. The minimum absolute atomic E-state index is 0.0863. The molecule has 5 heteroatoms. The van der Waals surface area contributed by atoms with Crippen molar-refractivity contribution in [3.63, 3.8) is 0 Å². The molecule has 0 aliphatic carbocycles. The van der Waals surface area contributed by atoms with Gasteiger partial charge in [-0.1, -0.05) is 13.8 Å². The van der Waals surface area contributed by atoms with Crippen LogP contribution in [0.3, 0.4) is 0 Å². The first-order valence-corrected chi connectivity index (χ1v) is 6.15. The van der Waals surface area contributed by atoms with Crippen molar-refractivity contribution < 1.29 is 10.2 Å². The third-order valence-corrected chi connectivity index (χ3v) is 2.67. The van der Waals surface area contributed by atoms with Gasteiger partial charge in [0, 0.05) is 31.4 Å². The first-order valence-electron chi connectivity index (χ1n) is 6.15. The summed E-state index contributed by atoms with van der Waals surface area (Å²) in [5.41, 5.74) is 0.491. The van der Waals surface area contributed by atoms with Gasteiger partial charge in [0.05, 0.1) is 12.8 Å². The lowest BCUT2D eigenvalue weighted by molar-refractivity contribution is 0.213. The van der Waals surface area contributed by atoms with E-state index in [1.807, 2.05) is 16.5 Å². The van der Waals surface area contributed by atoms with Crippen LogP contribution in [0.25, 0.3) is 0 Å². The van der Waals surface area contributed by atoms with Gasteiger partial charge in [-0.2, -0.15) is 0 Å². The summed E-state index contributed by atoms with van der Waals surface area (Å²) in [6.45, 7) is 6.12. The van der Waals surface area contributed by atoms with Crippen LogP contribution in [0.5, 0.6) is 5.75 Å². The molecular weight excluding hydrogens is 232 g/mol. The summed E-state index contributed by atoms with van der Waals surface area (Å²) < 4.78 is 1.90. The molecule has 1 heterocycles. The Kier molecular flexibility index (Phi) is 5.37. The van der Waals surface area contributed by atoms with Crippen molar-refractivity contribution >= 4 is 0 Å². The van der Waals surface area contributed by atoms with Gasteiger partial charge in [0.2, 0.25) is 5.43 Å². The number of likely N-dealkylation sites (N-methyl/N-ethyl adjacent to an activating group) is 1. The van der Waals surface area contributed by atoms with Crippen LogP contribution in [-0.4, -0.2) is 39.9 Å². The fraction of sp³-hybridized carbons (Fsp3) is 0.615. The van der Waals surface area contributed by atoms with Gasteiger partial charge >= 0.3 is 0 Å². The highest BCUT2D eigenvalue weighted by Gasteiger charge is 2.09. The van der Waals surface area contributed by atoms with E-state index in [4.69, 9.17) is 5.11 Å². The maximum Gasteiger partial charge on any atom is 0.223 e. The van der Waals surface area contributed by atoms with Crippen LogP contribution in [0.1, 0.15) is 19.5 Å².